The Morgan fingerprint density at radius 1 is 1.44 bits per heavy atom. The number of non-ortho nitro benzene ring substituents is 1. The van der Waals surface area contributed by atoms with Crippen LogP contribution in [0.4, 0.5) is 18.9 Å². The summed E-state index contributed by atoms with van der Waals surface area (Å²) in [6, 6.07) is 1.51. The minimum Gasteiger partial charge on any atom is -0.496 e. The second kappa shape index (κ2) is 4.28. The Hall–Kier alpha value is -1.31. The molecule has 0 unspecified atom stereocenters. The summed E-state index contributed by atoms with van der Waals surface area (Å²) in [6.45, 7) is 0. The van der Waals surface area contributed by atoms with Crippen molar-refractivity contribution in [3.8, 4) is 5.75 Å². The van der Waals surface area contributed by atoms with Crippen molar-refractivity contribution < 1.29 is 22.8 Å². The Morgan fingerprint density at radius 2 is 2.00 bits per heavy atom. The Kier molecular flexibility index (Phi) is 3.41. The van der Waals surface area contributed by atoms with Crippen LogP contribution in [0.2, 0.25) is 0 Å². The van der Waals surface area contributed by atoms with Gasteiger partial charge in [0.25, 0.3) is 5.69 Å². The van der Waals surface area contributed by atoms with Gasteiger partial charge in [0, 0.05) is 10.5 Å². The second-order valence-corrected chi connectivity index (χ2v) is 3.61. The van der Waals surface area contributed by atoms with Gasteiger partial charge in [0.05, 0.1) is 18.1 Å². The number of ether oxygens (including phenoxy) is 1. The number of nitro benzene ring substituents is 1. The van der Waals surface area contributed by atoms with E-state index in [1.807, 2.05) is 0 Å². The number of halogens is 4. The van der Waals surface area contributed by atoms with Gasteiger partial charge in [-0.25, -0.2) is 0 Å². The molecule has 8 heteroatoms. The van der Waals surface area contributed by atoms with Crippen molar-refractivity contribution in [3.05, 3.63) is 32.3 Å². The van der Waals surface area contributed by atoms with Crippen LogP contribution in [0.25, 0.3) is 0 Å². The van der Waals surface area contributed by atoms with Crippen LogP contribution >= 0.6 is 15.9 Å². The number of rotatable bonds is 2. The number of hydrogen-bond acceptors (Lipinski definition) is 3. The average Bonchev–Trinajstić information content (AvgIpc) is 2.14. The van der Waals surface area contributed by atoms with Crippen molar-refractivity contribution in [3.63, 3.8) is 0 Å². The minimum atomic E-state index is -4.64. The van der Waals surface area contributed by atoms with Crippen molar-refractivity contribution in [2.75, 3.05) is 7.11 Å². The first-order valence-electron chi connectivity index (χ1n) is 3.86. The van der Waals surface area contributed by atoms with E-state index in [1.54, 1.807) is 0 Å². The van der Waals surface area contributed by atoms with Crippen LogP contribution in [0, 0.1) is 10.1 Å². The van der Waals surface area contributed by atoms with E-state index in [4.69, 9.17) is 0 Å². The lowest BCUT2D eigenvalue weighted by Gasteiger charge is -2.13. The van der Waals surface area contributed by atoms with E-state index < -0.39 is 32.6 Å². The molecule has 0 aromatic heterocycles. The van der Waals surface area contributed by atoms with Gasteiger partial charge in [-0.3, -0.25) is 10.1 Å². The zero-order valence-corrected chi connectivity index (χ0v) is 9.42. The lowest BCUT2D eigenvalue weighted by Crippen LogP contribution is -2.09. The monoisotopic (exact) mass is 299 g/mol. The zero-order chi connectivity index (χ0) is 12.5. The number of nitro groups is 1. The molecule has 0 saturated carbocycles. The molecule has 0 fully saturated rings. The molecular formula is C8H5BrF3NO3. The van der Waals surface area contributed by atoms with Gasteiger partial charge in [0.1, 0.15) is 11.3 Å². The number of hydrogen-bond donors (Lipinski definition) is 0. The lowest BCUT2D eigenvalue weighted by atomic mass is 10.1. The number of nitrogens with zero attached hydrogens (tertiary/aromatic N) is 1. The molecule has 0 saturated heterocycles. The predicted molar refractivity (Wildman–Crippen MR) is 52.4 cm³/mol. The predicted octanol–water partition coefficient (Wildman–Crippen LogP) is 3.38. The van der Waals surface area contributed by atoms with Crippen LogP contribution in [0.3, 0.4) is 0 Å². The highest BCUT2D eigenvalue weighted by molar-refractivity contribution is 9.10. The number of benzene rings is 1. The summed E-state index contributed by atoms with van der Waals surface area (Å²) in [4.78, 5) is 9.63. The quantitative estimate of drug-likeness (QED) is 0.621. The molecule has 1 aromatic rings. The molecule has 0 aliphatic rings. The Labute approximate surface area is 96.3 Å². The molecule has 0 amide bonds. The standard InChI is InChI=1S/C8H5BrF3NO3/c1-16-6-3-4(13(14)15)2-5(9)7(6)8(10,11)12/h2-3H,1H3. The maximum absolute atomic E-state index is 12.5. The summed E-state index contributed by atoms with van der Waals surface area (Å²) < 4.78 is 41.7. The molecule has 0 radical (unpaired) electrons. The Morgan fingerprint density at radius 3 is 2.38 bits per heavy atom. The molecule has 0 aliphatic heterocycles. The van der Waals surface area contributed by atoms with Gasteiger partial charge in [0.15, 0.2) is 0 Å². The number of methoxy groups -OCH3 is 1. The minimum absolute atomic E-state index is 0.425. The van der Waals surface area contributed by atoms with Crippen LogP contribution in [-0.2, 0) is 6.18 Å². The molecule has 1 rings (SSSR count). The first-order valence-corrected chi connectivity index (χ1v) is 4.65. The van der Waals surface area contributed by atoms with Crippen molar-refractivity contribution >= 4 is 21.6 Å². The van der Waals surface area contributed by atoms with E-state index in [0.29, 0.717) is 0 Å². The average molecular weight is 300 g/mol. The molecule has 16 heavy (non-hydrogen) atoms. The van der Waals surface area contributed by atoms with Crippen LogP contribution in [0.1, 0.15) is 5.56 Å². The van der Waals surface area contributed by atoms with Crippen molar-refractivity contribution in [2.45, 2.75) is 6.18 Å². The normalized spacial score (nSPS) is 11.3. The summed E-state index contributed by atoms with van der Waals surface area (Å²) in [5, 5.41) is 10.4. The third kappa shape index (κ3) is 2.43. The van der Waals surface area contributed by atoms with E-state index in [2.05, 4.69) is 20.7 Å². The highest BCUT2D eigenvalue weighted by atomic mass is 79.9. The van der Waals surface area contributed by atoms with E-state index in [-0.39, 0.29) is 0 Å². The van der Waals surface area contributed by atoms with Gasteiger partial charge in [-0.15, -0.1) is 0 Å². The summed E-state index contributed by atoms with van der Waals surface area (Å²) in [5.74, 6) is -0.589. The van der Waals surface area contributed by atoms with Crippen LogP contribution in [-0.4, -0.2) is 12.0 Å². The molecule has 1 aromatic carbocycles. The van der Waals surface area contributed by atoms with E-state index in [1.165, 1.54) is 0 Å². The second-order valence-electron chi connectivity index (χ2n) is 2.76. The SMILES string of the molecule is COc1cc([N+](=O)[O-])cc(Br)c1C(F)(F)F. The van der Waals surface area contributed by atoms with Crippen LogP contribution < -0.4 is 4.74 Å². The molecule has 0 heterocycles. The summed E-state index contributed by atoms with van der Waals surface area (Å²) in [7, 11) is 1.01. The first-order chi connectivity index (χ1) is 7.27. The van der Waals surface area contributed by atoms with Gasteiger partial charge >= 0.3 is 6.18 Å². The highest BCUT2D eigenvalue weighted by Crippen LogP contribution is 2.43. The fourth-order valence-corrected chi connectivity index (χ4v) is 1.76. The molecule has 0 atom stereocenters. The van der Waals surface area contributed by atoms with Crippen molar-refractivity contribution in [2.24, 2.45) is 0 Å². The van der Waals surface area contributed by atoms with E-state index in [9.17, 15) is 23.3 Å². The largest absolute Gasteiger partial charge is 0.496 e. The third-order valence-corrected chi connectivity index (χ3v) is 2.38. The fraction of sp³-hybridized carbons (Fsp3) is 0.250. The topological polar surface area (TPSA) is 52.4 Å². The van der Waals surface area contributed by atoms with Gasteiger partial charge in [-0.05, 0) is 15.9 Å². The summed E-state index contributed by atoms with van der Waals surface area (Å²) in [6.07, 6.45) is -4.64. The first kappa shape index (κ1) is 12.8. The van der Waals surface area contributed by atoms with Gasteiger partial charge in [-0.2, -0.15) is 13.2 Å². The smallest absolute Gasteiger partial charge is 0.421 e. The zero-order valence-electron chi connectivity index (χ0n) is 7.84. The van der Waals surface area contributed by atoms with Crippen molar-refractivity contribution in [1.82, 2.24) is 0 Å². The van der Waals surface area contributed by atoms with Gasteiger partial charge in [-0.1, -0.05) is 0 Å². The molecular weight excluding hydrogens is 295 g/mol. The Bertz CT molecular complexity index is 433. The molecule has 0 spiro atoms. The summed E-state index contributed by atoms with van der Waals surface area (Å²) in [5.41, 5.74) is -1.54. The lowest BCUT2D eigenvalue weighted by molar-refractivity contribution is -0.385. The maximum Gasteiger partial charge on any atom is 0.421 e. The van der Waals surface area contributed by atoms with E-state index in [0.717, 1.165) is 19.2 Å². The summed E-state index contributed by atoms with van der Waals surface area (Å²) >= 11 is 2.64. The third-order valence-electron chi connectivity index (χ3n) is 1.75. The van der Waals surface area contributed by atoms with Crippen LogP contribution in [0.5, 0.6) is 5.75 Å². The molecule has 0 bridgehead atoms. The fourth-order valence-electron chi connectivity index (χ4n) is 1.11. The molecule has 0 aliphatic carbocycles. The molecule has 4 nitrogen and oxygen atoms in total. The number of alkyl halides is 3. The van der Waals surface area contributed by atoms with Gasteiger partial charge < -0.3 is 4.74 Å². The molecule has 0 N–H and O–H groups in total. The maximum atomic E-state index is 12.5. The highest BCUT2D eigenvalue weighted by Gasteiger charge is 2.38. The van der Waals surface area contributed by atoms with E-state index >= 15 is 0 Å². The Balaban J connectivity index is 3.46. The van der Waals surface area contributed by atoms with Gasteiger partial charge in [0.2, 0.25) is 0 Å². The van der Waals surface area contributed by atoms with Crippen LogP contribution in [0.15, 0.2) is 16.6 Å². The molecule has 88 valence electrons. The van der Waals surface area contributed by atoms with Crippen molar-refractivity contribution in [1.29, 1.82) is 0 Å².